The van der Waals surface area contributed by atoms with Gasteiger partial charge in [-0.3, -0.25) is 4.79 Å². The van der Waals surface area contributed by atoms with E-state index in [0.717, 1.165) is 22.6 Å². The van der Waals surface area contributed by atoms with Crippen LogP contribution in [0, 0.1) is 0 Å². The standard InChI is InChI=1S/C25H20Cl2N2O2/c26-16-7-5-14(6-8-16)15-11-21-24(23(31)12-15)25(18-13-17(27)9-10-22(18)30)29-20-4-2-1-3-19(20)28-21/h1-10,13,15,25,28-30H,11-12H2. The molecule has 0 aromatic heterocycles. The summed E-state index contributed by atoms with van der Waals surface area (Å²) in [6.45, 7) is 0. The van der Waals surface area contributed by atoms with Crippen molar-refractivity contribution >= 4 is 40.4 Å². The number of ketones is 1. The molecule has 3 aromatic rings. The SMILES string of the molecule is O=C1CC(c2ccc(Cl)cc2)CC2=C1C(c1cc(Cl)ccc1O)Nc1ccccc1N2. The number of nitrogens with one attached hydrogen (secondary N) is 2. The number of hydrogen-bond acceptors (Lipinski definition) is 4. The van der Waals surface area contributed by atoms with Gasteiger partial charge in [0.25, 0.3) is 0 Å². The number of phenolic OH excluding ortho intramolecular Hbond substituents is 1. The van der Waals surface area contributed by atoms with Crippen molar-refractivity contribution in [1.82, 2.24) is 0 Å². The maximum Gasteiger partial charge on any atom is 0.163 e. The van der Waals surface area contributed by atoms with Crippen LogP contribution in [0.2, 0.25) is 10.0 Å². The molecule has 2 unspecified atom stereocenters. The molecule has 0 spiro atoms. The van der Waals surface area contributed by atoms with Crippen LogP contribution in [0.1, 0.15) is 35.9 Å². The predicted molar refractivity (Wildman–Crippen MR) is 125 cm³/mol. The number of fused-ring (bicyclic) bond motifs is 1. The minimum absolute atomic E-state index is 0.0402. The van der Waals surface area contributed by atoms with Gasteiger partial charge in [0.2, 0.25) is 0 Å². The highest BCUT2D eigenvalue weighted by Crippen LogP contribution is 2.46. The normalized spacial score (nSPS) is 20.3. The third kappa shape index (κ3) is 3.78. The predicted octanol–water partition coefficient (Wildman–Crippen LogP) is 6.68. The molecule has 5 rings (SSSR count). The lowest BCUT2D eigenvalue weighted by atomic mass is 9.78. The van der Waals surface area contributed by atoms with Gasteiger partial charge >= 0.3 is 0 Å². The van der Waals surface area contributed by atoms with Crippen LogP contribution in [-0.4, -0.2) is 10.9 Å². The Morgan fingerprint density at radius 3 is 2.35 bits per heavy atom. The van der Waals surface area contributed by atoms with E-state index in [1.54, 1.807) is 18.2 Å². The molecule has 1 aliphatic carbocycles. The first-order valence-electron chi connectivity index (χ1n) is 10.1. The highest BCUT2D eigenvalue weighted by Gasteiger charge is 2.37. The van der Waals surface area contributed by atoms with Crippen molar-refractivity contribution in [1.29, 1.82) is 0 Å². The molecule has 156 valence electrons. The maximum absolute atomic E-state index is 13.5. The molecule has 2 atom stereocenters. The van der Waals surface area contributed by atoms with Gasteiger partial charge in [-0.25, -0.2) is 0 Å². The number of anilines is 2. The summed E-state index contributed by atoms with van der Waals surface area (Å²) in [5.41, 5.74) is 4.91. The molecule has 1 heterocycles. The number of rotatable bonds is 2. The van der Waals surface area contributed by atoms with E-state index < -0.39 is 6.04 Å². The second-order valence-corrected chi connectivity index (χ2v) is 8.80. The van der Waals surface area contributed by atoms with Crippen LogP contribution < -0.4 is 10.6 Å². The first-order valence-corrected chi connectivity index (χ1v) is 10.9. The number of Topliss-reactive ketones (excluding diaryl/α,β-unsaturated/α-hetero) is 1. The van der Waals surface area contributed by atoms with Crippen molar-refractivity contribution in [3.05, 3.63) is 99.2 Å². The summed E-state index contributed by atoms with van der Waals surface area (Å²) in [5.74, 6) is 0.189. The maximum atomic E-state index is 13.5. The summed E-state index contributed by atoms with van der Waals surface area (Å²) >= 11 is 12.3. The lowest BCUT2D eigenvalue weighted by Gasteiger charge is -2.30. The minimum atomic E-state index is -0.511. The topological polar surface area (TPSA) is 61.4 Å². The molecular formula is C25H20Cl2N2O2. The number of carbonyl (C=O) groups excluding carboxylic acids is 1. The monoisotopic (exact) mass is 450 g/mol. The Kier molecular flexibility index (Phi) is 5.12. The molecule has 0 bridgehead atoms. The Morgan fingerprint density at radius 2 is 1.58 bits per heavy atom. The molecule has 3 N–H and O–H groups in total. The van der Waals surface area contributed by atoms with Crippen molar-refractivity contribution in [2.24, 2.45) is 0 Å². The van der Waals surface area contributed by atoms with E-state index in [-0.39, 0.29) is 17.5 Å². The van der Waals surface area contributed by atoms with Gasteiger partial charge in [-0.2, -0.15) is 0 Å². The fourth-order valence-electron chi connectivity index (χ4n) is 4.45. The summed E-state index contributed by atoms with van der Waals surface area (Å²) in [6.07, 6.45) is 1.06. The molecule has 4 nitrogen and oxygen atoms in total. The molecule has 31 heavy (non-hydrogen) atoms. The molecule has 0 saturated carbocycles. The van der Waals surface area contributed by atoms with Crippen LogP contribution in [0.3, 0.4) is 0 Å². The lowest BCUT2D eigenvalue weighted by molar-refractivity contribution is -0.116. The number of para-hydroxylation sites is 2. The van der Waals surface area contributed by atoms with Crippen molar-refractivity contribution in [3.63, 3.8) is 0 Å². The Balaban J connectivity index is 1.63. The zero-order valence-electron chi connectivity index (χ0n) is 16.5. The smallest absolute Gasteiger partial charge is 0.163 e. The van der Waals surface area contributed by atoms with Crippen LogP contribution in [0.5, 0.6) is 5.75 Å². The van der Waals surface area contributed by atoms with Gasteiger partial charge in [-0.1, -0.05) is 47.5 Å². The number of halogens is 2. The number of phenols is 1. The first-order chi connectivity index (χ1) is 15.0. The molecule has 0 radical (unpaired) electrons. The minimum Gasteiger partial charge on any atom is -0.508 e. The van der Waals surface area contributed by atoms with Crippen molar-refractivity contribution in [2.75, 3.05) is 10.6 Å². The molecule has 6 heteroatoms. The van der Waals surface area contributed by atoms with Gasteiger partial charge in [0.1, 0.15) is 5.75 Å². The van der Waals surface area contributed by atoms with E-state index in [9.17, 15) is 9.90 Å². The molecule has 1 aliphatic heterocycles. The highest BCUT2D eigenvalue weighted by atomic mass is 35.5. The summed E-state index contributed by atoms with van der Waals surface area (Å²) in [6, 6.07) is 19.9. The Hall–Kier alpha value is -2.95. The van der Waals surface area contributed by atoms with Crippen LogP contribution in [-0.2, 0) is 4.79 Å². The third-order valence-electron chi connectivity index (χ3n) is 5.95. The molecular weight excluding hydrogens is 431 g/mol. The van der Waals surface area contributed by atoms with E-state index in [2.05, 4.69) is 10.6 Å². The molecule has 2 aliphatic rings. The van der Waals surface area contributed by atoms with Crippen LogP contribution in [0.4, 0.5) is 11.4 Å². The average molecular weight is 451 g/mol. The van der Waals surface area contributed by atoms with Gasteiger partial charge in [0.05, 0.1) is 17.4 Å². The third-order valence-corrected chi connectivity index (χ3v) is 6.44. The first kappa shape index (κ1) is 20.0. The summed E-state index contributed by atoms with van der Waals surface area (Å²) in [5, 5.41) is 18.7. The molecule has 0 fully saturated rings. The number of aromatic hydroxyl groups is 1. The second kappa shape index (κ2) is 7.95. The van der Waals surface area contributed by atoms with Crippen LogP contribution in [0.25, 0.3) is 0 Å². The Bertz CT molecular complexity index is 1200. The number of allylic oxidation sites excluding steroid dienone is 1. The summed E-state index contributed by atoms with van der Waals surface area (Å²) in [4.78, 5) is 13.5. The van der Waals surface area contributed by atoms with E-state index in [0.29, 0.717) is 34.0 Å². The summed E-state index contributed by atoms with van der Waals surface area (Å²) < 4.78 is 0. The Labute approximate surface area is 190 Å². The largest absolute Gasteiger partial charge is 0.508 e. The highest BCUT2D eigenvalue weighted by molar-refractivity contribution is 6.31. The number of carbonyl (C=O) groups is 1. The quantitative estimate of drug-likeness (QED) is 0.407. The van der Waals surface area contributed by atoms with Crippen molar-refractivity contribution < 1.29 is 9.90 Å². The van der Waals surface area contributed by atoms with Gasteiger partial charge < -0.3 is 15.7 Å². The van der Waals surface area contributed by atoms with Gasteiger partial charge in [0.15, 0.2) is 5.78 Å². The van der Waals surface area contributed by atoms with Crippen LogP contribution >= 0.6 is 23.2 Å². The van der Waals surface area contributed by atoms with E-state index >= 15 is 0 Å². The summed E-state index contributed by atoms with van der Waals surface area (Å²) in [7, 11) is 0. The fourth-order valence-corrected chi connectivity index (χ4v) is 4.76. The van der Waals surface area contributed by atoms with Crippen molar-refractivity contribution in [3.8, 4) is 5.75 Å². The van der Waals surface area contributed by atoms with E-state index in [1.165, 1.54) is 0 Å². The molecule has 0 saturated heterocycles. The van der Waals surface area contributed by atoms with E-state index in [1.807, 2.05) is 48.5 Å². The number of benzene rings is 3. The van der Waals surface area contributed by atoms with Gasteiger partial charge in [-0.15, -0.1) is 0 Å². The Morgan fingerprint density at radius 1 is 0.871 bits per heavy atom. The van der Waals surface area contributed by atoms with Gasteiger partial charge in [-0.05, 0) is 60.4 Å². The number of hydrogen-bond donors (Lipinski definition) is 3. The second-order valence-electron chi connectivity index (χ2n) is 7.92. The molecule has 0 amide bonds. The average Bonchev–Trinajstić information content (AvgIpc) is 2.92. The lowest BCUT2D eigenvalue weighted by Crippen LogP contribution is -2.27. The zero-order chi connectivity index (χ0) is 21.5. The fraction of sp³-hybridized carbons (Fsp3) is 0.160. The molecule has 3 aromatic carbocycles. The zero-order valence-corrected chi connectivity index (χ0v) is 18.0. The van der Waals surface area contributed by atoms with Crippen LogP contribution in [0.15, 0.2) is 78.0 Å². The van der Waals surface area contributed by atoms with Crippen molar-refractivity contribution in [2.45, 2.75) is 24.8 Å². The van der Waals surface area contributed by atoms with E-state index in [4.69, 9.17) is 23.2 Å². The van der Waals surface area contributed by atoms with Gasteiger partial charge in [0, 0.05) is 33.3 Å².